The fourth-order valence-electron chi connectivity index (χ4n) is 0.960. The van der Waals surface area contributed by atoms with Gasteiger partial charge in [-0.1, -0.05) is 11.2 Å². The van der Waals surface area contributed by atoms with Crippen LogP contribution in [0.2, 0.25) is 0 Å². The highest BCUT2D eigenvalue weighted by molar-refractivity contribution is 6.31. The third-order valence-corrected chi connectivity index (χ3v) is 1.70. The lowest BCUT2D eigenvalue weighted by Crippen LogP contribution is -2.13. The van der Waals surface area contributed by atoms with E-state index in [0.717, 1.165) is 0 Å². The highest BCUT2D eigenvalue weighted by atomic mass is 19.1. The van der Waals surface area contributed by atoms with Gasteiger partial charge < -0.3 is 10.5 Å². The third kappa shape index (κ3) is 2.29. The number of nitrogens with one attached hydrogen (secondary N) is 1. The summed E-state index contributed by atoms with van der Waals surface area (Å²) in [6.45, 7) is 1.54. The van der Waals surface area contributed by atoms with E-state index in [-0.39, 0.29) is 0 Å². The number of hydrogen-bond donors (Lipinski definition) is 2. The van der Waals surface area contributed by atoms with Gasteiger partial charge in [0.25, 0.3) is 5.91 Å². The number of anilines is 1. The van der Waals surface area contributed by atoms with Gasteiger partial charge in [0.15, 0.2) is 0 Å². The maximum atomic E-state index is 13.0. The van der Waals surface area contributed by atoms with E-state index >= 15 is 0 Å². The quantitative estimate of drug-likeness (QED) is 0.428. The van der Waals surface area contributed by atoms with Gasteiger partial charge >= 0.3 is 0 Å². The van der Waals surface area contributed by atoms with Crippen LogP contribution in [0.1, 0.15) is 5.56 Å². The molecule has 1 amide bonds. The molecule has 0 heterocycles. The van der Waals surface area contributed by atoms with Gasteiger partial charge in [-0.05, 0) is 19.1 Å². The highest BCUT2D eigenvalue weighted by Gasteiger charge is 2.05. The van der Waals surface area contributed by atoms with Crippen LogP contribution in [0.5, 0.6) is 0 Å². The lowest BCUT2D eigenvalue weighted by molar-refractivity contribution is -0.110. The standard InChI is InChI=1S/C9H9FN2O2/c1-6-7(10)3-2-4-8(6)12-9(13)5-11-14/h2-5,14H,1H3,(H,12,13)/b11-5+. The molecule has 0 saturated carbocycles. The second-order valence-corrected chi connectivity index (χ2v) is 2.65. The summed E-state index contributed by atoms with van der Waals surface area (Å²) in [7, 11) is 0. The Kier molecular flexibility index (Phi) is 3.17. The minimum atomic E-state index is -0.610. The molecule has 0 spiro atoms. The van der Waals surface area contributed by atoms with E-state index in [1.54, 1.807) is 13.0 Å². The van der Waals surface area contributed by atoms with Gasteiger partial charge in [-0.2, -0.15) is 0 Å². The van der Waals surface area contributed by atoms with Crippen molar-refractivity contribution in [2.24, 2.45) is 5.16 Å². The topological polar surface area (TPSA) is 61.7 Å². The second kappa shape index (κ2) is 4.36. The van der Waals surface area contributed by atoms with E-state index in [4.69, 9.17) is 5.21 Å². The number of hydrogen-bond acceptors (Lipinski definition) is 3. The number of rotatable bonds is 2. The van der Waals surface area contributed by atoms with Crippen LogP contribution in [0.15, 0.2) is 23.4 Å². The zero-order chi connectivity index (χ0) is 10.6. The molecule has 0 radical (unpaired) electrons. The van der Waals surface area contributed by atoms with Crippen LogP contribution in [-0.4, -0.2) is 17.3 Å². The van der Waals surface area contributed by atoms with Crippen molar-refractivity contribution in [1.82, 2.24) is 0 Å². The summed E-state index contributed by atoms with van der Waals surface area (Å²) in [5.41, 5.74) is 0.696. The van der Waals surface area contributed by atoms with Crippen LogP contribution in [0.3, 0.4) is 0 Å². The van der Waals surface area contributed by atoms with E-state index in [2.05, 4.69) is 10.5 Å². The smallest absolute Gasteiger partial charge is 0.270 e. The zero-order valence-electron chi connectivity index (χ0n) is 7.49. The Hall–Kier alpha value is -1.91. The molecule has 14 heavy (non-hydrogen) atoms. The Labute approximate surface area is 80.0 Å². The maximum absolute atomic E-state index is 13.0. The first-order valence-electron chi connectivity index (χ1n) is 3.88. The first-order chi connectivity index (χ1) is 6.65. The Morgan fingerprint density at radius 1 is 1.64 bits per heavy atom. The summed E-state index contributed by atoms with van der Waals surface area (Å²) >= 11 is 0. The Balaban J connectivity index is 2.87. The molecular weight excluding hydrogens is 187 g/mol. The van der Waals surface area contributed by atoms with E-state index in [1.165, 1.54) is 12.1 Å². The van der Waals surface area contributed by atoms with Crippen molar-refractivity contribution in [3.63, 3.8) is 0 Å². The fourth-order valence-corrected chi connectivity index (χ4v) is 0.960. The first kappa shape index (κ1) is 10.2. The molecule has 1 aromatic rings. The molecule has 0 aliphatic rings. The lowest BCUT2D eigenvalue weighted by atomic mass is 10.2. The Bertz CT molecular complexity index is 377. The highest BCUT2D eigenvalue weighted by Crippen LogP contribution is 2.16. The lowest BCUT2D eigenvalue weighted by Gasteiger charge is -2.05. The number of nitrogens with zero attached hydrogens (tertiary/aromatic N) is 1. The van der Waals surface area contributed by atoms with Gasteiger partial charge in [0.05, 0.1) is 0 Å². The van der Waals surface area contributed by atoms with Gasteiger partial charge in [-0.3, -0.25) is 4.79 Å². The number of benzene rings is 1. The Morgan fingerprint density at radius 2 is 2.36 bits per heavy atom. The molecule has 0 bridgehead atoms. The van der Waals surface area contributed by atoms with Crippen molar-refractivity contribution in [1.29, 1.82) is 0 Å². The molecule has 2 N–H and O–H groups in total. The second-order valence-electron chi connectivity index (χ2n) is 2.65. The largest absolute Gasteiger partial charge is 0.411 e. The van der Waals surface area contributed by atoms with Crippen molar-refractivity contribution < 1.29 is 14.4 Å². The predicted molar refractivity (Wildman–Crippen MR) is 50.0 cm³/mol. The molecule has 4 nitrogen and oxygen atoms in total. The monoisotopic (exact) mass is 196 g/mol. The SMILES string of the molecule is Cc1c(F)cccc1NC(=O)/C=N/O. The van der Waals surface area contributed by atoms with Crippen LogP contribution in [0.4, 0.5) is 10.1 Å². The number of amides is 1. The molecule has 0 unspecified atom stereocenters. The van der Waals surface area contributed by atoms with Gasteiger partial charge in [0.2, 0.25) is 0 Å². The molecule has 1 aromatic carbocycles. The van der Waals surface area contributed by atoms with E-state index in [0.29, 0.717) is 17.5 Å². The van der Waals surface area contributed by atoms with E-state index in [9.17, 15) is 9.18 Å². The molecule has 1 rings (SSSR count). The minimum absolute atomic E-state index is 0.340. The summed E-state index contributed by atoms with van der Waals surface area (Å²) in [6, 6.07) is 4.33. The van der Waals surface area contributed by atoms with Gasteiger partial charge in [-0.25, -0.2) is 4.39 Å². The molecule has 0 aliphatic carbocycles. The summed E-state index contributed by atoms with van der Waals surface area (Å²) in [6.07, 6.45) is 0.699. The third-order valence-electron chi connectivity index (χ3n) is 1.70. The number of oxime groups is 1. The summed E-state index contributed by atoms with van der Waals surface area (Å²) < 4.78 is 13.0. The predicted octanol–water partition coefficient (Wildman–Crippen LogP) is 1.53. The van der Waals surface area contributed by atoms with Crippen molar-refractivity contribution >= 4 is 17.8 Å². The van der Waals surface area contributed by atoms with Crippen molar-refractivity contribution in [2.75, 3.05) is 5.32 Å². The van der Waals surface area contributed by atoms with Crippen molar-refractivity contribution in [3.8, 4) is 0 Å². The average molecular weight is 196 g/mol. The number of carbonyl (C=O) groups is 1. The molecular formula is C9H9FN2O2. The Morgan fingerprint density at radius 3 is 3.00 bits per heavy atom. The van der Waals surface area contributed by atoms with Gasteiger partial charge in [0.1, 0.15) is 12.0 Å². The number of carbonyl (C=O) groups excluding carboxylic acids is 1. The summed E-state index contributed by atoms with van der Waals surface area (Å²) in [5, 5.41) is 13.0. The normalized spacial score (nSPS) is 10.4. The van der Waals surface area contributed by atoms with Gasteiger partial charge in [-0.15, -0.1) is 0 Å². The van der Waals surface area contributed by atoms with Crippen molar-refractivity contribution in [3.05, 3.63) is 29.6 Å². The average Bonchev–Trinajstić information content (AvgIpc) is 2.13. The molecule has 0 saturated heterocycles. The van der Waals surface area contributed by atoms with Crippen LogP contribution in [0.25, 0.3) is 0 Å². The van der Waals surface area contributed by atoms with Crippen molar-refractivity contribution in [2.45, 2.75) is 6.92 Å². The van der Waals surface area contributed by atoms with Crippen LogP contribution < -0.4 is 5.32 Å². The molecule has 0 aliphatic heterocycles. The van der Waals surface area contributed by atoms with Gasteiger partial charge in [0, 0.05) is 11.3 Å². The molecule has 0 atom stereocenters. The van der Waals surface area contributed by atoms with Crippen LogP contribution in [-0.2, 0) is 4.79 Å². The maximum Gasteiger partial charge on any atom is 0.270 e. The fraction of sp³-hybridized carbons (Fsp3) is 0.111. The summed E-state index contributed by atoms with van der Waals surface area (Å²) in [4.78, 5) is 10.9. The summed E-state index contributed by atoms with van der Waals surface area (Å²) in [5.74, 6) is -1.01. The number of halogens is 1. The van der Waals surface area contributed by atoms with Crippen LogP contribution in [0, 0.1) is 12.7 Å². The minimum Gasteiger partial charge on any atom is -0.411 e. The van der Waals surface area contributed by atoms with E-state index in [1.807, 2.05) is 0 Å². The zero-order valence-corrected chi connectivity index (χ0v) is 7.49. The van der Waals surface area contributed by atoms with E-state index < -0.39 is 11.7 Å². The molecule has 0 aromatic heterocycles. The van der Waals surface area contributed by atoms with Crippen LogP contribution >= 0.6 is 0 Å². The molecule has 5 heteroatoms. The molecule has 0 fully saturated rings. The molecule has 74 valence electrons. The first-order valence-corrected chi connectivity index (χ1v) is 3.88.